The number of aryl methyl sites for hydroxylation is 2. The van der Waals surface area contributed by atoms with E-state index in [2.05, 4.69) is 45.2 Å². The molecule has 0 radical (unpaired) electrons. The van der Waals surface area contributed by atoms with Gasteiger partial charge in [0, 0.05) is 50.1 Å². The first-order valence-corrected chi connectivity index (χ1v) is 9.87. The van der Waals surface area contributed by atoms with E-state index in [9.17, 15) is 4.79 Å². The van der Waals surface area contributed by atoms with Crippen LogP contribution < -0.4 is 15.0 Å². The van der Waals surface area contributed by atoms with Gasteiger partial charge in [-0.3, -0.25) is 9.48 Å². The van der Waals surface area contributed by atoms with Crippen molar-refractivity contribution in [3.63, 3.8) is 0 Å². The number of amides is 1. The first-order valence-electron chi connectivity index (χ1n) is 9.87. The van der Waals surface area contributed by atoms with Crippen molar-refractivity contribution in [1.82, 2.24) is 25.1 Å². The van der Waals surface area contributed by atoms with E-state index in [1.165, 1.54) is 0 Å². The van der Waals surface area contributed by atoms with Gasteiger partial charge in [0.2, 0.25) is 17.7 Å². The average Bonchev–Trinajstić information content (AvgIpc) is 3.03. The number of aromatic nitrogens is 4. The number of nitrogens with one attached hydrogen (secondary N) is 1. The standard InChI is InChI=1S/C20H30N6O2/c1-14(13-26-16(3)11-15(2)24-26)12-22-19(27)17-6-9-25(10-7-17)20-21-8-5-18(23-20)28-4/h5,8,11,14,17H,6-7,9-10,12-13H2,1-4H3,(H,22,27). The Bertz CT molecular complexity index is 798. The van der Waals surface area contributed by atoms with Gasteiger partial charge < -0.3 is 15.0 Å². The molecule has 1 fully saturated rings. The molecule has 0 aliphatic carbocycles. The Morgan fingerprint density at radius 3 is 2.75 bits per heavy atom. The van der Waals surface area contributed by atoms with Crippen LogP contribution in [0.15, 0.2) is 18.3 Å². The molecule has 3 heterocycles. The van der Waals surface area contributed by atoms with Crippen LogP contribution in [-0.4, -0.2) is 52.4 Å². The van der Waals surface area contributed by atoms with Crippen molar-refractivity contribution in [2.24, 2.45) is 11.8 Å². The fourth-order valence-corrected chi connectivity index (χ4v) is 3.58. The van der Waals surface area contributed by atoms with Gasteiger partial charge in [0.15, 0.2) is 0 Å². The molecule has 3 rings (SSSR count). The Labute approximate surface area is 166 Å². The SMILES string of the molecule is COc1ccnc(N2CCC(C(=O)NCC(C)Cn3nc(C)cc3C)CC2)n1. The van der Waals surface area contributed by atoms with E-state index < -0.39 is 0 Å². The van der Waals surface area contributed by atoms with E-state index >= 15 is 0 Å². The highest BCUT2D eigenvalue weighted by Gasteiger charge is 2.26. The van der Waals surface area contributed by atoms with Crippen LogP contribution >= 0.6 is 0 Å². The lowest BCUT2D eigenvalue weighted by Gasteiger charge is -2.31. The maximum Gasteiger partial charge on any atom is 0.228 e. The Balaban J connectivity index is 1.44. The molecule has 8 nitrogen and oxygen atoms in total. The molecular weight excluding hydrogens is 356 g/mol. The van der Waals surface area contributed by atoms with Crippen LogP contribution in [0, 0.1) is 25.7 Å². The van der Waals surface area contributed by atoms with Crippen molar-refractivity contribution in [1.29, 1.82) is 0 Å². The molecule has 1 N–H and O–H groups in total. The predicted octanol–water partition coefficient (Wildman–Crippen LogP) is 1.97. The minimum absolute atomic E-state index is 0.0442. The highest BCUT2D eigenvalue weighted by Crippen LogP contribution is 2.22. The van der Waals surface area contributed by atoms with E-state index in [-0.39, 0.29) is 11.8 Å². The number of methoxy groups -OCH3 is 1. The number of hydrogen-bond donors (Lipinski definition) is 1. The molecule has 1 saturated heterocycles. The van der Waals surface area contributed by atoms with Gasteiger partial charge in [0.1, 0.15) is 0 Å². The minimum atomic E-state index is 0.0442. The Hall–Kier alpha value is -2.64. The van der Waals surface area contributed by atoms with E-state index in [1.807, 2.05) is 11.6 Å². The summed E-state index contributed by atoms with van der Waals surface area (Å²) < 4.78 is 7.18. The fourth-order valence-electron chi connectivity index (χ4n) is 3.58. The number of carbonyl (C=O) groups excluding carboxylic acids is 1. The van der Waals surface area contributed by atoms with Gasteiger partial charge in [-0.05, 0) is 38.7 Å². The summed E-state index contributed by atoms with van der Waals surface area (Å²) >= 11 is 0. The molecule has 8 heteroatoms. The zero-order valence-electron chi connectivity index (χ0n) is 17.2. The second-order valence-corrected chi connectivity index (χ2v) is 7.62. The summed E-state index contributed by atoms with van der Waals surface area (Å²) in [6.07, 6.45) is 3.31. The zero-order chi connectivity index (χ0) is 20.1. The maximum absolute atomic E-state index is 12.6. The third-order valence-electron chi connectivity index (χ3n) is 5.19. The molecular formula is C20H30N6O2. The van der Waals surface area contributed by atoms with Crippen LogP contribution in [0.2, 0.25) is 0 Å². The van der Waals surface area contributed by atoms with Gasteiger partial charge in [-0.25, -0.2) is 4.98 Å². The lowest BCUT2D eigenvalue weighted by atomic mass is 9.96. The highest BCUT2D eigenvalue weighted by molar-refractivity contribution is 5.78. The number of carbonyl (C=O) groups is 1. The smallest absolute Gasteiger partial charge is 0.228 e. The summed E-state index contributed by atoms with van der Waals surface area (Å²) in [7, 11) is 1.60. The quantitative estimate of drug-likeness (QED) is 0.783. The molecule has 1 aliphatic rings. The molecule has 1 aliphatic heterocycles. The van der Waals surface area contributed by atoms with Crippen LogP contribution in [0.1, 0.15) is 31.2 Å². The highest BCUT2D eigenvalue weighted by atomic mass is 16.5. The number of piperidine rings is 1. The second-order valence-electron chi connectivity index (χ2n) is 7.62. The number of hydrogen-bond acceptors (Lipinski definition) is 6. The third kappa shape index (κ3) is 4.99. The molecule has 0 aromatic carbocycles. The second kappa shape index (κ2) is 9.03. The van der Waals surface area contributed by atoms with E-state index in [1.54, 1.807) is 19.4 Å². The number of nitrogens with zero attached hydrogens (tertiary/aromatic N) is 5. The first-order chi connectivity index (χ1) is 13.5. The van der Waals surface area contributed by atoms with Crippen molar-refractivity contribution < 1.29 is 9.53 Å². The van der Waals surface area contributed by atoms with E-state index in [0.29, 0.717) is 24.3 Å². The summed E-state index contributed by atoms with van der Waals surface area (Å²) in [5.41, 5.74) is 2.18. The molecule has 28 heavy (non-hydrogen) atoms. The van der Waals surface area contributed by atoms with Crippen LogP contribution in [-0.2, 0) is 11.3 Å². The van der Waals surface area contributed by atoms with Crippen molar-refractivity contribution in [2.45, 2.75) is 40.2 Å². The van der Waals surface area contributed by atoms with Gasteiger partial charge in [-0.15, -0.1) is 0 Å². The first kappa shape index (κ1) is 20.1. The zero-order valence-corrected chi connectivity index (χ0v) is 17.2. The lowest BCUT2D eigenvalue weighted by molar-refractivity contribution is -0.125. The monoisotopic (exact) mass is 386 g/mol. The molecule has 1 unspecified atom stereocenters. The Morgan fingerprint density at radius 2 is 2.11 bits per heavy atom. The molecule has 1 atom stereocenters. The van der Waals surface area contributed by atoms with Gasteiger partial charge in [0.25, 0.3) is 0 Å². The van der Waals surface area contributed by atoms with Gasteiger partial charge in [-0.2, -0.15) is 10.1 Å². The summed E-state index contributed by atoms with van der Waals surface area (Å²) in [6, 6.07) is 3.81. The van der Waals surface area contributed by atoms with Crippen molar-refractivity contribution in [3.05, 3.63) is 29.7 Å². The summed E-state index contributed by atoms with van der Waals surface area (Å²) in [5.74, 6) is 1.74. The van der Waals surface area contributed by atoms with Crippen LogP contribution in [0.25, 0.3) is 0 Å². The van der Waals surface area contributed by atoms with Crippen molar-refractivity contribution in [3.8, 4) is 5.88 Å². The fraction of sp³-hybridized carbons (Fsp3) is 0.600. The molecule has 1 amide bonds. The van der Waals surface area contributed by atoms with Crippen LogP contribution in [0.5, 0.6) is 5.88 Å². The van der Waals surface area contributed by atoms with E-state index in [0.717, 1.165) is 43.9 Å². The maximum atomic E-state index is 12.6. The molecule has 2 aromatic heterocycles. The summed E-state index contributed by atoms with van der Waals surface area (Å²) in [4.78, 5) is 23.4. The number of ether oxygens (including phenoxy) is 1. The van der Waals surface area contributed by atoms with Crippen LogP contribution in [0.4, 0.5) is 5.95 Å². The Morgan fingerprint density at radius 1 is 1.36 bits per heavy atom. The van der Waals surface area contributed by atoms with Gasteiger partial charge >= 0.3 is 0 Å². The summed E-state index contributed by atoms with van der Waals surface area (Å²) in [6.45, 7) is 9.21. The lowest BCUT2D eigenvalue weighted by Crippen LogP contribution is -2.42. The van der Waals surface area contributed by atoms with Crippen molar-refractivity contribution >= 4 is 11.9 Å². The number of anilines is 1. The van der Waals surface area contributed by atoms with Gasteiger partial charge in [-0.1, -0.05) is 6.92 Å². The molecule has 0 spiro atoms. The molecule has 0 bridgehead atoms. The molecule has 0 saturated carbocycles. The topological polar surface area (TPSA) is 85.2 Å². The average molecular weight is 387 g/mol. The van der Waals surface area contributed by atoms with Crippen LogP contribution in [0.3, 0.4) is 0 Å². The van der Waals surface area contributed by atoms with E-state index in [4.69, 9.17) is 4.74 Å². The van der Waals surface area contributed by atoms with Gasteiger partial charge in [0.05, 0.1) is 12.8 Å². The summed E-state index contributed by atoms with van der Waals surface area (Å²) in [5, 5.41) is 7.62. The normalized spacial score (nSPS) is 16.1. The number of rotatable bonds is 7. The largest absolute Gasteiger partial charge is 0.481 e. The molecule has 2 aromatic rings. The van der Waals surface area contributed by atoms with Crippen molar-refractivity contribution in [2.75, 3.05) is 31.6 Å². The predicted molar refractivity (Wildman–Crippen MR) is 107 cm³/mol. The third-order valence-corrected chi connectivity index (χ3v) is 5.19. The molecule has 152 valence electrons. The minimum Gasteiger partial charge on any atom is -0.481 e. The Kier molecular flexibility index (Phi) is 6.49.